The average Bonchev–Trinajstić information content (AvgIpc) is 2.26. The molecule has 0 aliphatic rings. The molecule has 0 saturated carbocycles. The minimum atomic E-state index is -0.463. The first-order valence-corrected chi connectivity index (χ1v) is 5.37. The topological polar surface area (TPSA) is 72.4 Å². The molecular weight excluding hydrogens is 230 g/mol. The fourth-order valence-corrected chi connectivity index (χ4v) is 1.76. The van der Waals surface area contributed by atoms with Crippen LogP contribution in [-0.2, 0) is 0 Å². The first kappa shape index (κ1) is 12.7. The van der Waals surface area contributed by atoms with E-state index in [4.69, 9.17) is 17.3 Å². The molecule has 0 aromatic heterocycles. The largest absolute Gasteiger partial charge is 0.369 e. The van der Waals surface area contributed by atoms with Gasteiger partial charge in [0.05, 0.1) is 15.6 Å². The predicted molar refractivity (Wildman–Crippen MR) is 65.0 cm³/mol. The van der Waals surface area contributed by atoms with Crippen molar-refractivity contribution in [3.63, 3.8) is 0 Å². The van der Waals surface area contributed by atoms with E-state index in [9.17, 15) is 10.1 Å². The molecule has 2 N–H and O–H groups in total. The van der Waals surface area contributed by atoms with Crippen LogP contribution in [0.3, 0.4) is 0 Å². The van der Waals surface area contributed by atoms with Gasteiger partial charge in [0, 0.05) is 31.8 Å². The van der Waals surface area contributed by atoms with Gasteiger partial charge < -0.3 is 10.6 Å². The van der Waals surface area contributed by atoms with E-state index in [-0.39, 0.29) is 5.69 Å². The molecule has 0 atom stereocenters. The van der Waals surface area contributed by atoms with E-state index in [2.05, 4.69) is 0 Å². The highest BCUT2D eigenvalue weighted by molar-refractivity contribution is 6.33. The lowest BCUT2D eigenvalue weighted by Crippen LogP contribution is -2.29. The number of non-ortho nitro benzene ring substituents is 1. The molecule has 0 radical (unpaired) electrons. The van der Waals surface area contributed by atoms with E-state index in [0.29, 0.717) is 18.1 Å². The Labute approximate surface area is 98.9 Å². The molecule has 0 saturated heterocycles. The number of nitrogens with zero attached hydrogens (tertiary/aromatic N) is 2. The molecule has 0 aliphatic heterocycles. The van der Waals surface area contributed by atoms with Crippen LogP contribution < -0.4 is 10.6 Å². The van der Waals surface area contributed by atoms with Crippen LogP contribution in [0.25, 0.3) is 0 Å². The van der Waals surface area contributed by atoms with E-state index in [0.717, 1.165) is 12.2 Å². The van der Waals surface area contributed by atoms with Crippen molar-refractivity contribution >= 4 is 23.0 Å². The van der Waals surface area contributed by atoms with Crippen LogP contribution in [0.2, 0.25) is 5.02 Å². The number of nitro groups is 1. The van der Waals surface area contributed by atoms with Crippen molar-refractivity contribution < 1.29 is 4.92 Å². The van der Waals surface area contributed by atoms with E-state index in [1.807, 2.05) is 11.8 Å². The molecule has 0 amide bonds. The molecule has 0 fully saturated rings. The van der Waals surface area contributed by atoms with E-state index >= 15 is 0 Å². The molecule has 1 rings (SSSR count). The average molecular weight is 244 g/mol. The normalized spacial score (nSPS) is 10.2. The lowest BCUT2D eigenvalue weighted by atomic mass is 10.2. The molecule has 1 aromatic carbocycles. The van der Waals surface area contributed by atoms with Gasteiger partial charge in [-0.25, -0.2) is 0 Å². The number of hydrogen-bond acceptors (Lipinski definition) is 4. The summed E-state index contributed by atoms with van der Waals surface area (Å²) in [6.45, 7) is 3.93. The SMILES string of the molecule is CCN(CCN)c1ccc([N+](=O)[O-])cc1Cl. The smallest absolute Gasteiger partial charge is 0.271 e. The molecule has 6 heteroatoms. The Morgan fingerprint density at radius 3 is 2.69 bits per heavy atom. The van der Waals surface area contributed by atoms with Gasteiger partial charge in [0.15, 0.2) is 0 Å². The molecule has 0 spiro atoms. The second-order valence-electron chi connectivity index (χ2n) is 3.26. The van der Waals surface area contributed by atoms with Crippen LogP contribution in [0.4, 0.5) is 11.4 Å². The van der Waals surface area contributed by atoms with Crippen molar-refractivity contribution in [3.8, 4) is 0 Å². The molecule has 88 valence electrons. The lowest BCUT2D eigenvalue weighted by molar-refractivity contribution is -0.384. The third kappa shape index (κ3) is 2.84. The second kappa shape index (κ2) is 5.67. The van der Waals surface area contributed by atoms with Gasteiger partial charge in [-0.3, -0.25) is 10.1 Å². The van der Waals surface area contributed by atoms with Crippen LogP contribution in [-0.4, -0.2) is 24.6 Å². The molecule has 16 heavy (non-hydrogen) atoms. The first-order valence-electron chi connectivity index (χ1n) is 4.99. The summed E-state index contributed by atoms with van der Waals surface area (Å²) in [6.07, 6.45) is 0. The zero-order valence-corrected chi connectivity index (χ0v) is 9.78. The standard InChI is InChI=1S/C10H14ClN3O2/c1-2-13(6-5-12)10-4-3-8(14(15)16)7-9(10)11/h3-4,7H,2,5-6,12H2,1H3. The number of rotatable bonds is 5. The fourth-order valence-electron chi connectivity index (χ4n) is 1.47. The Kier molecular flexibility index (Phi) is 4.52. The molecule has 0 unspecified atom stereocenters. The van der Waals surface area contributed by atoms with Gasteiger partial charge in [-0.1, -0.05) is 11.6 Å². The monoisotopic (exact) mass is 243 g/mol. The summed E-state index contributed by atoms with van der Waals surface area (Å²) in [7, 11) is 0. The molecule has 0 aliphatic carbocycles. The van der Waals surface area contributed by atoms with Crippen molar-refractivity contribution in [2.45, 2.75) is 6.92 Å². The third-order valence-electron chi connectivity index (χ3n) is 2.26. The van der Waals surface area contributed by atoms with Gasteiger partial charge in [0.2, 0.25) is 0 Å². The Balaban J connectivity index is 3.01. The third-order valence-corrected chi connectivity index (χ3v) is 2.57. The van der Waals surface area contributed by atoms with Crippen LogP contribution in [0.5, 0.6) is 0 Å². The number of nitro benzene ring substituents is 1. The summed E-state index contributed by atoms with van der Waals surface area (Å²) in [6, 6.07) is 4.45. The molecule has 0 bridgehead atoms. The molecule has 0 heterocycles. The van der Waals surface area contributed by atoms with E-state index < -0.39 is 4.92 Å². The minimum Gasteiger partial charge on any atom is -0.369 e. The summed E-state index contributed by atoms with van der Waals surface area (Å²) in [5, 5.41) is 10.9. The maximum atomic E-state index is 10.5. The highest BCUT2D eigenvalue weighted by atomic mass is 35.5. The van der Waals surface area contributed by atoms with Crippen LogP contribution in [0.15, 0.2) is 18.2 Å². The number of nitrogens with two attached hydrogens (primary N) is 1. The Bertz CT molecular complexity index is 384. The van der Waals surface area contributed by atoms with Crippen molar-refractivity contribution in [2.24, 2.45) is 5.73 Å². The zero-order valence-electron chi connectivity index (χ0n) is 9.02. The Hall–Kier alpha value is -1.33. The van der Waals surface area contributed by atoms with Gasteiger partial charge in [-0.2, -0.15) is 0 Å². The Morgan fingerprint density at radius 2 is 2.25 bits per heavy atom. The summed E-state index contributed by atoms with van der Waals surface area (Å²) in [5.41, 5.74) is 6.25. The van der Waals surface area contributed by atoms with Crippen molar-refractivity contribution in [1.29, 1.82) is 0 Å². The zero-order chi connectivity index (χ0) is 12.1. The summed E-state index contributed by atoms with van der Waals surface area (Å²) >= 11 is 6.00. The second-order valence-corrected chi connectivity index (χ2v) is 3.67. The van der Waals surface area contributed by atoms with Crippen LogP contribution in [0, 0.1) is 10.1 Å². The highest BCUT2D eigenvalue weighted by Crippen LogP contribution is 2.29. The number of anilines is 1. The number of benzene rings is 1. The number of likely N-dealkylation sites (N-methyl/N-ethyl adjacent to an activating group) is 1. The highest BCUT2D eigenvalue weighted by Gasteiger charge is 2.12. The predicted octanol–water partition coefficient (Wildman–Crippen LogP) is 2.03. The molecule has 5 nitrogen and oxygen atoms in total. The van der Waals surface area contributed by atoms with Crippen LogP contribution in [0.1, 0.15) is 6.92 Å². The van der Waals surface area contributed by atoms with Gasteiger partial charge in [0.1, 0.15) is 0 Å². The van der Waals surface area contributed by atoms with Crippen molar-refractivity contribution in [2.75, 3.05) is 24.5 Å². The lowest BCUT2D eigenvalue weighted by Gasteiger charge is -2.23. The van der Waals surface area contributed by atoms with Crippen molar-refractivity contribution in [1.82, 2.24) is 0 Å². The summed E-state index contributed by atoms with van der Waals surface area (Å²) in [4.78, 5) is 12.1. The van der Waals surface area contributed by atoms with E-state index in [1.165, 1.54) is 12.1 Å². The van der Waals surface area contributed by atoms with Gasteiger partial charge >= 0.3 is 0 Å². The van der Waals surface area contributed by atoms with Gasteiger partial charge in [-0.15, -0.1) is 0 Å². The van der Waals surface area contributed by atoms with Gasteiger partial charge in [-0.05, 0) is 13.0 Å². The fraction of sp³-hybridized carbons (Fsp3) is 0.400. The van der Waals surface area contributed by atoms with E-state index in [1.54, 1.807) is 6.07 Å². The summed E-state index contributed by atoms with van der Waals surface area (Å²) in [5.74, 6) is 0. The maximum Gasteiger partial charge on any atom is 0.271 e. The summed E-state index contributed by atoms with van der Waals surface area (Å²) < 4.78 is 0. The molecule has 1 aromatic rings. The number of hydrogen-bond donors (Lipinski definition) is 1. The Morgan fingerprint density at radius 1 is 1.56 bits per heavy atom. The molecular formula is C10H14ClN3O2. The minimum absolute atomic E-state index is 0.00227. The first-order chi connectivity index (χ1) is 7.60. The van der Waals surface area contributed by atoms with Gasteiger partial charge in [0.25, 0.3) is 5.69 Å². The maximum absolute atomic E-state index is 10.5. The number of halogens is 1. The quantitative estimate of drug-likeness (QED) is 0.634. The van der Waals surface area contributed by atoms with Crippen LogP contribution >= 0.6 is 11.6 Å². The van der Waals surface area contributed by atoms with Crippen molar-refractivity contribution in [3.05, 3.63) is 33.3 Å².